The molecule has 10 heteroatoms. The normalized spacial score (nSPS) is 15.0. The first-order valence-corrected chi connectivity index (χ1v) is 11.3. The summed E-state index contributed by atoms with van der Waals surface area (Å²) >= 11 is 6.10. The van der Waals surface area contributed by atoms with Crippen LogP contribution in [0.5, 0.6) is 0 Å². The number of nitrogens with zero attached hydrogens (tertiary/aromatic N) is 3. The molecule has 0 aliphatic carbocycles. The molecule has 1 heterocycles. The minimum absolute atomic E-state index is 0. The number of aliphatic imine (C=N–C) groups is 1. The molecule has 0 atom stereocenters. The molecule has 2 aromatic carbocycles. The molecule has 1 fully saturated rings. The van der Waals surface area contributed by atoms with Crippen LogP contribution in [-0.2, 0) is 16.6 Å². The quantitative estimate of drug-likeness (QED) is 0.332. The summed E-state index contributed by atoms with van der Waals surface area (Å²) in [5.41, 5.74) is 2.12. The first-order chi connectivity index (χ1) is 13.9. The summed E-state index contributed by atoms with van der Waals surface area (Å²) in [5, 5.41) is 4.11. The van der Waals surface area contributed by atoms with Crippen LogP contribution in [0.25, 0.3) is 0 Å². The lowest BCUT2D eigenvalue weighted by atomic mass is 10.2. The number of nitrogens with one attached hydrogen (secondary N) is 2. The van der Waals surface area contributed by atoms with E-state index in [1.165, 1.54) is 7.05 Å². The van der Waals surface area contributed by atoms with Crippen LogP contribution in [0.1, 0.15) is 5.56 Å². The Morgan fingerprint density at radius 3 is 2.33 bits per heavy atom. The van der Waals surface area contributed by atoms with E-state index in [2.05, 4.69) is 30.9 Å². The molecule has 0 spiro atoms. The zero-order chi connectivity index (χ0) is 20.9. The number of hydrogen-bond donors (Lipinski definition) is 2. The van der Waals surface area contributed by atoms with Gasteiger partial charge in [0.1, 0.15) is 0 Å². The lowest BCUT2D eigenvalue weighted by molar-refractivity contribution is 0.372. The molecular weight excluding hydrogens is 537 g/mol. The van der Waals surface area contributed by atoms with Gasteiger partial charge in [0.05, 0.1) is 4.90 Å². The molecule has 3 rings (SSSR count). The van der Waals surface area contributed by atoms with Crippen molar-refractivity contribution in [2.75, 3.05) is 45.2 Å². The third-order valence-corrected chi connectivity index (χ3v) is 6.58. The second kappa shape index (κ2) is 11.2. The Bertz CT molecular complexity index is 961. The highest BCUT2D eigenvalue weighted by Crippen LogP contribution is 2.20. The molecule has 1 aliphatic rings. The fourth-order valence-corrected chi connectivity index (χ4v) is 4.18. The van der Waals surface area contributed by atoms with Gasteiger partial charge in [-0.15, -0.1) is 24.0 Å². The van der Waals surface area contributed by atoms with Crippen LogP contribution in [-0.4, -0.2) is 59.6 Å². The maximum atomic E-state index is 11.8. The molecule has 1 saturated heterocycles. The molecular formula is C20H27ClIN5O2S. The average molecular weight is 564 g/mol. The Hall–Kier alpha value is -1.56. The molecule has 0 saturated carbocycles. The molecule has 2 N–H and O–H groups in total. The predicted molar refractivity (Wildman–Crippen MR) is 134 cm³/mol. The molecule has 0 aromatic heterocycles. The number of guanidine groups is 1. The van der Waals surface area contributed by atoms with Crippen molar-refractivity contribution in [1.29, 1.82) is 0 Å². The van der Waals surface area contributed by atoms with Gasteiger partial charge in [-0.2, -0.15) is 0 Å². The average Bonchev–Trinajstić information content (AvgIpc) is 2.75. The van der Waals surface area contributed by atoms with Gasteiger partial charge in [-0.25, -0.2) is 13.1 Å². The molecule has 0 bridgehead atoms. The number of benzene rings is 2. The van der Waals surface area contributed by atoms with Gasteiger partial charge in [-0.3, -0.25) is 4.99 Å². The van der Waals surface area contributed by atoms with Crippen molar-refractivity contribution in [2.24, 2.45) is 4.99 Å². The van der Waals surface area contributed by atoms with Gasteiger partial charge in [-0.1, -0.05) is 29.8 Å². The van der Waals surface area contributed by atoms with Gasteiger partial charge in [0.2, 0.25) is 10.0 Å². The van der Waals surface area contributed by atoms with Crippen LogP contribution >= 0.6 is 35.6 Å². The van der Waals surface area contributed by atoms with Crippen molar-refractivity contribution < 1.29 is 8.42 Å². The van der Waals surface area contributed by atoms with E-state index in [0.717, 1.165) is 48.4 Å². The lowest BCUT2D eigenvalue weighted by Gasteiger charge is -2.37. The number of piperazine rings is 1. The van der Waals surface area contributed by atoms with E-state index >= 15 is 0 Å². The third-order valence-electron chi connectivity index (χ3n) is 4.92. The molecule has 30 heavy (non-hydrogen) atoms. The second-order valence-electron chi connectivity index (χ2n) is 6.71. The van der Waals surface area contributed by atoms with Gasteiger partial charge in [-0.05, 0) is 42.9 Å². The highest BCUT2D eigenvalue weighted by Gasteiger charge is 2.20. The van der Waals surface area contributed by atoms with E-state index in [1.807, 2.05) is 30.3 Å². The van der Waals surface area contributed by atoms with Crippen molar-refractivity contribution in [2.45, 2.75) is 11.4 Å². The summed E-state index contributed by atoms with van der Waals surface area (Å²) in [7, 11) is -0.238. The van der Waals surface area contributed by atoms with Crippen LogP contribution in [0.3, 0.4) is 0 Å². The van der Waals surface area contributed by atoms with E-state index in [1.54, 1.807) is 19.2 Å². The lowest BCUT2D eigenvalue weighted by Crippen LogP contribution is -2.52. The second-order valence-corrected chi connectivity index (χ2v) is 9.03. The minimum atomic E-state index is -3.41. The van der Waals surface area contributed by atoms with Gasteiger partial charge < -0.3 is 15.1 Å². The van der Waals surface area contributed by atoms with Crippen LogP contribution in [0.15, 0.2) is 58.4 Å². The van der Waals surface area contributed by atoms with Crippen molar-refractivity contribution in [1.82, 2.24) is 14.9 Å². The third kappa shape index (κ3) is 6.22. The Kier molecular flexibility index (Phi) is 9.20. The van der Waals surface area contributed by atoms with E-state index in [4.69, 9.17) is 11.6 Å². The van der Waals surface area contributed by atoms with Crippen molar-refractivity contribution >= 4 is 57.2 Å². The molecule has 0 radical (unpaired) electrons. The van der Waals surface area contributed by atoms with Crippen LogP contribution in [0.4, 0.5) is 5.69 Å². The highest BCUT2D eigenvalue weighted by atomic mass is 127. The largest absolute Gasteiger partial charge is 0.368 e. The Labute approximate surface area is 200 Å². The Balaban J connectivity index is 0.00000320. The van der Waals surface area contributed by atoms with Crippen LogP contribution in [0.2, 0.25) is 5.02 Å². The Morgan fingerprint density at radius 2 is 1.77 bits per heavy atom. The standard InChI is InChI=1S/C20H26ClN5O2S.HI/c1-22-20(24-15-16-6-8-19(9-7-16)29(27,28)23-2)26-12-10-25(11-13-26)18-5-3-4-17(21)14-18;/h3-9,14,23H,10-13,15H2,1-2H3,(H,22,24);1H. The topological polar surface area (TPSA) is 77.0 Å². The number of sulfonamides is 1. The van der Waals surface area contributed by atoms with Crippen molar-refractivity contribution in [3.8, 4) is 0 Å². The first-order valence-electron chi connectivity index (χ1n) is 9.41. The number of rotatable bonds is 5. The summed E-state index contributed by atoms with van der Waals surface area (Å²) in [5.74, 6) is 0.836. The first kappa shape index (κ1) is 24.7. The number of anilines is 1. The molecule has 2 aromatic rings. The monoisotopic (exact) mass is 563 g/mol. The van der Waals surface area contributed by atoms with E-state index in [0.29, 0.717) is 6.54 Å². The maximum Gasteiger partial charge on any atom is 0.240 e. The Morgan fingerprint density at radius 1 is 1.10 bits per heavy atom. The molecule has 1 aliphatic heterocycles. The fraction of sp³-hybridized carbons (Fsp3) is 0.350. The smallest absolute Gasteiger partial charge is 0.240 e. The van der Waals surface area contributed by atoms with E-state index < -0.39 is 10.0 Å². The minimum Gasteiger partial charge on any atom is -0.368 e. The zero-order valence-electron chi connectivity index (χ0n) is 17.0. The predicted octanol–water partition coefficient (Wildman–Crippen LogP) is 2.76. The summed E-state index contributed by atoms with van der Waals surface area (Å²) < 4.78 is 25.9. The molecule has 0 amide bonds. The zero-order valence-corrected chi connectivity index (χ0v) is 20.9. The fourth-order valence-electron chi connectivity index (χ4n) is 3.27. The van der Waals surface area contributed by atoms with E-state index in [-0.39, 0.29) is 28.9 Å². The molecule has 7 nitrogen and oxygen atoms in total. The van der Waals surface area contributed by atoms with Gasteiger partial charge >= 0.3 is 0 Å². The summed E-state index contributed by atoms with van der Waals surface area (Å²) in [6.45, 7) is 4.05. The summed E-state index contributed by atoms with van der Waals surface area (Å²) in [6, 6.07) is 14.7. The molecule has 0 unspecified atom stereocenters. The number of halogens is 2. The highest BCUT2D eigenvalue weighted by molar-refractivity contribution is 14.0. The summed E-state index contributed by atoms with van der Waals surface area (Å²) in [6.07, 6.45) is 0. The summed E-state index contributed by atoms with van der Waals surface area (Å²) in [4.78, 5) is 9.19. The van der Waals surface area contributed by atoms with Crippen molar-refractivity contribution in [3.63, 3.8) is 0 Å². The molecule has 164 valence electrons. The van der Waals surface area contributed by atoms with Gasteiger partial charge in [0.15, 0.2) is 5.96 Å². The van der Waals surface area contributed by atoms with E-state index in [9.17, 15) is 8.42 Å². The van der Waals surface area contributed by atoms with Gasteiger partial charge in [0, 0.05) is 50.5 Å². The number of hydrogen-bond acceptors (Lipinski definition) is 4. The van der Waals surface area contributed by atoms with Gasteiger partial charge in [0.25, 0.3) is 0 Å². The maximum absolute atomic E-state index is 11.8. The van der Waals surface area contributed by atoms with Crippen LogP contribution in [0, 0.1) is 0 Å². The SMILES string of the molecule is CN=C(NCc1ccc(S(=O)(=O)NC)cc1)N1CCN(c2cccc(Cl)c2)CC1.I. The van der Waals surface area contributed by atoms with Crippen LogP contribution < -0.4 is 14.9 Å². The van der Waals surface area contributed by atoms with Crippen molar-refractivity contribution in [3.05, 3.63) is 59.1 Å².